The van der Waals surface area contributed by atoms with Gasteiger partial charge in [0.05, 0.1) is 0 Å². The van der Waals surface area contributed by atoms with Gasteiger partial charge >= 0.3 is 0 Å². The molecule has 0 aromatic heterocycles. The van der Waals surface area contributed by atoms with Crippen molar-refractivity contribution in [3.8, 4) is 0 Å². The van der Waals surface area contributed by atoms with E-state index in [-0.39, 0.29) is 43.3 Å². The van der Waals surface area contributed by atoms with Crippen molar-refractivity contribution in [2.24, 2.45) is 0 Å². The van der Waals surface area contributed by atoms with Crippen LogP contribution in [0.2, 0.25) is 0 Å². The standard InChI is InChI=1S/C19H26.C18H24.C16H20.C15H18.C15H24.C13H20.C11H16/c1-13-14-10-8-9-11-15(14)17(19(5,6)7)12-16(13)18(2,3)4;1-12(2)16-11-17(18(4,5)6)13(3)14-9-7-8-10-15(14)16;1-11-10-15(16(3,4)5)12(2)14-9-7-6-8-13(11)14;1-11-13-8-6-5-7-12(13)9-10-14(11)15(2,3)4;1-10(2)13-8-11(3)12(4)14(9-13)15(5,6)7;1-9-7-10(2)11(3)12(8-9)13(4,5)6;1-9-7-5-6-8-10(9)11(2,3)4/h8-12H,1-7H3;7-12H,1-6H3;6-10H,1-5H3;5-10H,1-4H3;8-10H,1-7H3;7-8H,1-6H3;5-8H,1-4H3. The molecule has 0 fully saturated rings. The van der Waals surface area contributed by atoms with Crippen LogP contribution in [0.5, 0.6) is 0 Å². The van der Waals surface area contributed by atoms with Gasteiger partial charge in [0, 0.05) is 0 Å². The molecule has 11 aromatic carbocycles. The maximum Gasteiger partial charge on any atom is -0.0126 e. The van der Waals surface area contributed by atoms with E-state index < -0.39 is 0 Å². The van der Waals surface area contributed by atoms with Crippen LogP contribution in [0.25, 0.3) is 43.1 Å². The fourth-order valence-corrected chi connectivity index (χ4v) is 15.7. The molecule has 11 aromatic rings. The zero-order valence-electron chi connectivity index (χ0n) is 75.4. The van der Waals surface area contributed by atoms with Gasteiger partial charge in [-0.25, -0.2) is 0 Å². The fraction of sp³-hybridized carbons (Fsp3) is 0.458. The van der Waals surface area contributed by atoms with E-state index in [1.165, 1.54) is 160 Å². The van der Waals surface area contributed by atoms with Gasteiger partial charge in [-0.3, -0.25) is 0 Å². The Kier molecular flexibility index (Phi) is 29.8. The van der Waals surface area contributed by atoms with Gasteiger partial charge in [0.25, 0.3) is 0 Å². The van der Waals surface area contributed by atoms with Crippen molar-refractivity contribution in [1.29, 1.82) is 0 Å². The number of fused-ring (bicyclic) bond motifs is 4. The average molecular weight is 1430 g/mol. The molecule has 0 amide bonds. The van der Waals surface area contributed by atoms with Gasteiger partial charge in [-0.05, 0) is 286 Å². The fourth-order valence-electron chi connectivity index (χ4n) is 15.7. The first-order valence-corrected chi connectivity index (χ1v) is 40.2. The van der Waals surface area contributed by atoms with Crippen molar-refractivity contribution in [2.75, 3.05) is 0 Å². The van der Waals surface area contributed by atoms with Crippen LogP contribution in [0, 0.1) is 76.2 Å². The molecular formula is C107H148. The highest BCUT2D eigenvalue weighted by Crippen LogP contribution is 2.41. The highest BCUT2D eigenvalue weighted by Gasteiger charge is 2.27. The summed E-state index contributed by atoms with van der Waals surface area (Å²) in [7, 11) is 0. The zero-order chi connectivity index (χ0) is 81.4. The molecule has 0 aliphatic rings. The van der Waals surface area contributed by atoms with Crippen LogP contribution >= 0.6 is 0 Å². The quantitative estimate of drug-likeness (QED) is 0.162. The molecule has 0 nitrogen and oxygen atoms in total. The first kappa shape index (κ1) is 90.1. The van der Waals surface area contributed by atoms with E-state index in [1.54, 1.807) is 0 Å². The van der Waals surface area contributed by atoms with E-state index in [9.17, 15) is 0 Å². The van der Waals surface area contributed by atoms with Crippen molar-refractivity contribution in [2.45, 2.75) is 325 Å². The van der Waals surface area contributed by atoms with Gasteiger partial charge in [0.2, 0.25) is 0 Å². The smallest absolute Gasteiger partial charge is 0.0126 e. The molecule has 0 heterocycles. The summed E-state index contributed by atoms with van der Waals surface area (Å²) >= 11 is 0. The Balaban J connectivity index is 0.000000225. The molecular weight excluding hydrogens is 1290 g/mol. The van der Waals surface area contributed by atoms with Crippen molar-refractivity contribution < 1.29 is 0 Å². The Morgan fingerprint density at radius 2 is 0.523 bits per heavy atom. The summed E-state index contributed by atoms with van der Waals surface area (Å²) < 4.78 is 0. The first-order chi connectivity index (χ1) is 48.9. The van der Waals surface area contributed by atoms with Crippen molar-refractivity contribution >= 4 is 43.1 Å². The van der Waals surface area contributed by atoms with Crippen molar-refractivity contribution in [3.05, 3.63) is 293 Å². The molecule has 11 rings (SSSR count). The number of hydrogen-bond donors (Lipinski definition) is 0. The van der Waals surface area contributed by atoms with Gasteiger partial charge in [0.15, 0.2) is 0 Å². The Hall–Kier alpha value is -7.54. The van der Waals surface area contributed by atoms with E-state index in [0.29, 0.717) is 11.8 Å². The Morgan fingerprint density at radius 3 is 0.944 bits per heavy atom. The van der Waals surface area contributed by atoms with Crippen LogP contribution in [-0.2, 0) is 43.3 Å². The van der Waals surface area contributed by atoms with Crippen LogP contribution in [-0.4, -0.2) is 0 Å². The van der Waals surface area contributed by atoms with Gasteiger partial charge in [-0.15, -0.1) is 0 Å². The van der Waals surface area contributed by atoms with E-state index in [2.05, 4.69) is 446 Å². The van der Waals surface area contributed by atoms with Crippen LogP contribution in [0.15, 0.2) is 176 Å². The summed E-state index contributed by atoms with van der Waals surface area (Å²) in [6.07, 6.45) is 0. The summed E-state index contributed by atoms with van der Waals surface area (Å²) in [6, 6.07) is 64.4. The minimum absolute atomic E-state index is 0.174. The third-order valence-corrected chi connectivity index (χ3v) is 21.8. The zero-order valence-corrected chi connectivity index (χ0v) is 75.4. The molecule has 0 N–H and O–H groups in total. The van der Waals surface area contributed by atoms with Crippen LogP contribution in [0.3, 0.4) is 0 Å². The summed E-state index contributed by atoms with van der Waals surface area (Å²) in [5.74, 6) is 1.18. The molecule has 0 unspecified atom stereocenters. The van der Waals surface area contributed by atoms with E-state index in [4.69, 9.17) is 0 Å². The highest BCUT2D eigenvalue weighted by atomic mass is 14.3. The second-order valence-corrected chi connectivity index (χ2v) is 40.1. The normalized spacial score (nSPS) is 12.2. The topological polar surface area (TPSA) is 0 Å². The van der Waals surface area contributed by atoms with E-state index in [0.717, 1.165) is 0 Å². The molecule has 0 heteroatoms. The van der Waals surface area contributed by atoms with Crippen molar-refractivity contribution in [3.63, 3.8) is 0 Å². The Morgan fingerprint density at radius 1 is 0.196 bits per heavy atom. The average Bonchev–Trinajstić information content (AvgIpc) is 0.774. The molecule has 0 saturated heterocycles. The predicted octanol–water partition coefficient (Wildman–Crippen LogP) is 32.4. The maximum absolute atomic E-state index is 2.43. The van der Waals surface area contributed by atoms with Crippen LogP contribution < -0.4 is 0 Å². The predicted molar refractivity (Wildman–Crippen MR) is 485 cm³/mol. The molecule has 0 bridgehead atoms. The third kappa shape index (κ3) is 23.7. The highest BCUT2D eigenvalue weighted by molar-refractivity contribution is 5.92. The Labute approximate surface area is 656 Å². The molecule has 0 saturated carbocycles. The van der Waals surface area contributed by atoms with E-state index >= 15 is 0 Å². The third-order valence-electron chi connectivity index (χ3n) is 21.8. The second-order valence-electron chi connectivity index (χ2n) is 40.1. The van der Waals surface area contributed by atoms with Crippen LogP contribution in [0.4, 0.5) is 0 Å². The molecule has 0 atom stereocenters. The monoisotopic (exact) mass is 1430 g/mol. The number of benzene rings is 11. The number of hydrogen-bond acceptors (Lipinski definition) is 0. The number of aryl methyl sites for hydroxylation is 9. The lowest BCUT2D eigenvalue weighted by molar-refractivity contribution is 0.570. The summed E-state index contributed by atoms with van der Waals surface area (Å²) in [4.78, 5) is 0. The van der Waals surface area contributed by atoms with Gasteiger partial charge < -0.3 is 0 Å². The first-order valence-electron chi connectivity index (χ1n) is 40.2. The lowest BCUT2D eigenvalue weighted by atomic mass is 9.76. The van der Waals surface area contributed by atoms with Crippen LogP contribution in [0.1, 0.15) is 323 Å². The summed E-state index contributed by atoms with van der Waals surface area (Å²) in [5, 5.41) is 11.1. The maximum atomic E-state index is 2.43. The molecule has 0 radical (unpaired) electrons. The van der Waals surface area contributed by atoms with Gasteiger partial charge in [-0.2, -0.15) is 0 Å². The van der Waals surface area contributed by atoms with Gasteiger partial charge in [0.1, 0.15) is 0 Å². The molecule has 576 valence electrons. The molecule has 0 aliphatic heterocycles. The second kappa shape index (κ2) is 35.4. The number of rotatable bonds is 2. The Bertz CT molecular complexity index is 4790. The SMILES string of the molecule is Cc1c(C(C)(C)C)cc(C(C)(C)C)c2ccccc12.Cc1c(C(C)(C)C)cc(C(C)C)c2ccccc12.Cc1c(C(C)(C)C)ccc2ccccc12.Cc1cc(C(C)(C)C)c(C)c2ccccc12.Cc1cc(C(C)C)cc(C(C)(C)C)c1C.Cc1cc(C)c(C)c(C(C)(C)C)c1.Cc1ccccc1C(C)(C)C. The van der Waals surface area contributed by atoms with E-state index in [1.807, 2.05) is 0 Å². The lowest BCUT2D eigenvalue weighted by Gasteiger charge is -2.29. The summed E-state index contributed by atoms with van der Waals surface area (Å²) in [5.41, 5.74) is 32.0. The largest absolute Gasteiger partial charge is 0.0620 e. The minimum atomic E-state index is 0.174. The van der Waals surface area contributed by atoms with Crippen molar-refractivity contribution in [1.82, 2.24) is 0 Å². The molecule has 0 aliphatic carbocycles. The van der Waals surface area contributed by atoms with Gasteiger partial charge in [-0.1, -0.05) is 375 Å². The molecule has 107 heavy (non-hydrogen) atoms. The lowest BCUT2D eigenvalue weighted by Crippen LogP contribution is -2.18. The minimum Gasteiger partial charge on any atom is -0.0620 e. The molecule has 0 spiro atoms. The summed E-state index contributed by atoms with van der Waals surface area (Å²) in [6.45, 7) is 88.3.